The largest absolute Gasteiger partial charge is 0.347 e. The van der Waals surface area contributed by atoms with E-state index in [1.807, 2.05) is 0 Å². The maximum Gasteiger partial charge on any atom is 0.241 e. The van der Waals surface area contributed by atoms with Crippen molar-refractivity contribution in [3.8, 4) is 0 Å². The highest BCUT2D eigenvalue weighted by Gasteiger charge is 2.18. The van der Waals surface area contributed by atoms with Gasteiger partial charge in [0.1, 0.15) is 0 Å². The van der Waals surface area contributed by atoms with Crippen molar-refractivity contribution in [2.45, 2.75) is 12.8 Å². The molecule has 15 heavy (non-hydrogen) atoms. The smallest absolute Gasteiger partial charge is 0.241 e. The molecule has 0 aromatic rings. The van der Waals surface area contributed by atoms with Gasteiger partial charge in [0.15, 0.2) is 0 Å². The lowest BCUT2D eigenvalue weighted by Gasteiger charge is -2.12. The van der Waals surface area contributed by atoms with Gasteiger partial charge in [-0.05, 0) is 25.4 Å². The Balaban J connectivity index is 2.15. The normalized spacial score (nSPS) is 20.0. The minimum atomic E-state index is -0.0760. The topological polar surface area (TPSA) is 61.4 Å². The van der Waals surface area contributed by atoms with E-state index < -0.39 is 0 Å². The molecule has 1 rings (SSSR count). The third-order valence-corrected chi connectivity index (χ3v) is 2.57. The molecule has 0 bridgehead atoms. The van der Waals surface area contributed by atoms with Gasteiger partial charge in [-0.3, -0.25) is 9.59 Å². The molecule has 0 saturated carbocycles. The zero-order valence-electron chi connectivity index (χ0n) is 9.38. The Hall–Kier alpha value is -1.10. The van der Waals surface area contributed by atoms with Gasteiger partial charge in [0, 0.05) is 20.5 Å². The van der Waals surface area contributed by atoms with E-state index in [9.17, 15) is 9.59 Å². The van der Waals surface area contributed by atoms with Crippen LogP contribution in [-0.2, 0) is 9.59 Å². The van der Waals surface area contributed by atoms with Crippen molar-refractivity contribution in [1.82, 2.24) is 15.5 Å². The fraction of sp³-hybridized carbons (Fsp3) is 0.800. The Morgan fingerprint density at radius 2 is 2.20 bits per heavy atom. The van der Waals surface area contributed by atoms with Gasteiger partial charge in [0.2, 0.25) is 11.8 Å². The molecule has 1 unspecified atom stereocenters. The van der Waals surface area contributed by atoms with Gasteiger partial charge < -0.3 is 15.5 Å². The van der Waals surface area contributed by atoms with Crippen LogP contribution in [0.4, 0.5) is 0 Å². The quantitative estimate of drug-likeness (QED) is 0.642. The number of carbonyl (C=O) groups is 2. The second-order valence-electron chi connectivity index (χ2n) is 4.13. The monoisotopic (exact) mass is 213 g/mol. The highest BCUT2D eigenvalue weighted by molar-refractivity contribution is 5.84. The van der Waals surface area contributed by atoms with Gasteiger partial charge in [-0.1, -0.05) is 0 Å². The van der Waals surface area contributed by atoms with Crippen molar-refractivity contribution in [1.29, 1.82) is 0 Å². The molecule has 86 valence electrons. The molecule has 0 aromatic heterocycles. The van der Waals surface area contributed by atoms with Crippen molar-refractivity contribution >= 4 is 11.8 Å². The Bertz CT molecular complexity index is 235. The molecule has 0 radical (unpaired) electrons. The van der Waals surface area contributed by atoms with E-state index in [2.05, 4.69) is 10.6 Å². The first kappa shape index (κ1) is 12.0. The number of nitrogens with zero attached hydrogens (tertiary/aromatic N) is 1. The second kappa shape index (κ2) is 5.70. The maximum absolute atomic E-state index is 11.4. The van der Waals surface area contributed by atoms with Crippen LogP contribution in [0.2, 0.25) is 0 Å². The molecule has 0 spiro atoms. The molecule has 1 saturated heterocycles. The van der Waals surface area contributed by atoms with Crippen LogP contribution < -0.4 is 10.6 Å². The van der Waals surface area contributed by atoms with Crippen molar-refractivity contribution in [2.24, 2.45) is 5.92 Å². The Labute approximate surface area is 90.2 Å². The molecule has 1 atom stereocenters. The van der Waals surface area contributed by atoms with Gasteiger partial charge >= 0.3 is 0 Å². The van der Waals surface area contributed by atoms with E-state index in [1.54, 1.807) is 14.1 Å². The summed E-state index contributed by atoms with van der Waals surface area (Å²) in [4.78, 5) is 24.1. The number of nitrogens with one attached hydrogen (secondary N) is 2. The van der Waals surface area contributed by atoms with Crippen LogP contribution in [0.25, 0.3) is 0 Å². The van der Waals surface area contributed by atoms with Crippen LogP contribution in [0.1, 0.15) is 12.8 Å². The zero-order valence-corrected chi connectivity index (χ0v) is 9.38. The Kier molecular flexibility index (Phi) is 4.55. The molecule has 0 aromatic carbocycles. The summed E-state index contributed by atoms with van der Waals surface area (Å²) in [6, 6.07) is 0. The van der Waals surface area contributed by atoms with Gasteiger partial charge in [0.25, 0.3) is 0 Å². The lowest BCUT2D eigenvalue weighted by Crippen LogP contribution is -2.36. The highest BCUT2D eigenvalue weighted by Crippen LogP contribution is 2.11. The fourth-order valence-electron chi connectivity index (χ4n) is 1.56. The van der Waals surface area contributed by atoms with Crippen LogP contribution in [0.3, 0.4) is 0 Å². The Morgan fingerprint density at radius 1 is 1.47 bits per heavy atom. The number of hydrogen-bond acceptors (Lipinski definition) is 3. The molecule has 1 aliphatic heterocycles. The number of rotatable bonds is 4. The summed E-state index contributed by atoms with van der Waals surface area (Å²) in [6.45, 7) is 2.01. The lowest BCUT2D eigenvalue weighted by molar-refractivity contribution is -0.131. The third kappa shape index (κ3) is 4.29. The Morgan fingerprint density at radius 3 is 2.73 bits per heavy atom. The van der Waals surface area contributed by atoms with E-state index in [0.717, 1.165) is 19.5 Å². The van der Waals surface area contributed by atoms with E-state index in [0.29, 0.717) is 12.3 Å². The van der Waals surface area contributed by atoms with Crippen molar-refractivity contribution in [2.75, 3.05) is 33.7 Å². The molecule has 5 heteroatoms. The highest BCUT2D eigenvalue weighted by atomic mass is 16.2. The summed E-state index contributed by atoms with van der Waals surface area (Å²) in [6.07, 6.45) is 1.57. The van der Waals surface area contributed by atoms with Crippen LogP contribution in [0.15, 0.2) is 0 Å². The van der Waals surface area contributed by atoms with Gasteiger partial charge in [-0.25, -0.2) is 0 Å². The summed E-state index contributed by atoms with van der Waals surface area (Å²) >= 11 is 0. The minimum absolute atomic E-state index is 0.0288. The summed E-state index contributed by atoms with van der Waals surface area (Å²) in [7, 11) is 3.35. The van der Waals surface area contributed by atoms with Crippen LogP contribution >= 0.6 is 0 Å². The van der Waals surface area contributed by atoms with Gasteiger partial charge in [-0.15, -0.1) is 0 Å². The average molecular weight is 213 g/mol. The summed E-state index contributed by atoms with van der Waals surface area (Å²) < 4.78 is 0. The molecular formula is C10H19N3O2. The molecule has 2 amide bonds. The van der Waals surface area contributed by atoms with Crippen LogP contribution in [0, 0.1) is 5.92 Å². The van der Waals surface area contributed by atoms with E-state index in [1.165, 1.54) is 4.90 Å². The predicted molar refractivity (Wildman–Crippen MR) is 57.3 cm³/mol. The van der Waals surface area contributed by atoms with E-state index in [4.69, 9.17) is 0 Å². The number of carbonyl (C=O) groups excluding carboxylic acids is 2. The molecule has 1 heterocycles. The van der Waals surface area contributed by atoms with Gasteiger partial charge in [-0.2, -0.15) is 0 Å². The van der Waals surface area contributed by atoms with Gasteiger partial charge in [0.05, 0.1) is 6.54 Å². The SMILES string of the molecule is CN(C)C(=O)CNC(=O)CC1CCNC1. The van der Waals surface area contributed by atoms with Crippen LogP contribution in [0.5, 0.6) is 0 Å². The predicted octanol–water partition coefficient (Wildman–Crippen LogP) is -0.810. The van der Waals surface area contributed by atoms with Crippen LogP contribution in [-0.4, -0.2) is 50.4 Å². The second-order valence-corrected chi connectivity index (χ2v) is 4.13. The standard InChI is InChI=1S/C10H19N3O2/c1-13(2)10(15)7-12-9(14)5-8-3-4-11-6-8/h8,11H,3-7H2,1-2H3,(H,12,14). The number of likely N-dealkylation sites (N-methyl/N-ethyl adjacent to an activating group) is 1. The molecule has 1 aliphatic rings. The maximum atomic E-state index is 11.4. The first-order valence-corrected chi connectivity index (χ1v) is 5.27. The molecular weight excluding hydrogens is 194 g/mol. The molecule has 1 fully saturated rings. The first-order valence-electron chi connectivity index (χ1n) is 5.27. The zero-order chi connectivity index (χ0) is 11.3. The number of hydrogen-bond donors (Lipinski definition) is 2. The summed E-state index contributed by atoms with van der Waals surface area (Å²) in [5.41, 5.74) is 0. The fourth-order valence-corrected chi connectivity index (χ4v) is 1.56. The first-order chi connectivity index (χ1) is 7.09. The lowest BCUT2D eigenvalue weighted by atomic mass is 10.0. The van der Waals surface area contributed by atoms with Crippen molar-refractivity contribution in [3.05, 3.63) is 0 Å². The summed E-state index contributed by atoms with van der Waals surface area (Å²) in [5.74, 6) is 0.325. The average Bonchev–Trinajstić information content (AvgIpc) is 2.66. The molecule has 0 aliphatic carbocycles. The number of amides is 2. The molecule has 5 nitrogen and oxygen atoms in total. The van der Waals surface area contributed by atoms with E-state index >= 15 is 0 Å². The van der Waals surface area contributed by atoms with Crippen molar-refractivity contribution < 1.29 is 9.59 Å². The minimum Gasteiger partial charge on any atom is -0.347 e. The van der Waals surface area contributed by atoms with Crippen molar-refractivity contribution in [3.63, 3.8) is 0 Å². The van der Waals surface area contributed by atoms with E-state index in [-0.39, 0.29) is 18.4 Å². The molecule has 2 N–H and O–H groups in total. The summed E-state index contributed by atoms with van der Waals surface area (Å²) in [5, 5.41) is 5.84. The third-order valence-electron chi connectivity index (χ3n) is 2.57.